The van der Waals surface area contributed by atoms with Crippen LogP contribution in [0.4, 0.5) is 0 Å². The molecule has 21 heavy (non-hydrogen) atoms. The lowest BCUT2D eigenvalue weighted by molar-refractivity contribution is -0.149. The second kappa shape index (κ2) is 7.24. The molecule has 0 saturated carbocycles. The lowest BCUT2D eigenvalue weighted by Crippen LogP contribution is -2.42. The van der Waals surface area contributed by atoms with E-state index in [1.54, 1.807) is 11.0 Å². The summed E-state index contributed by atoms with van der Waals surface area (Å²) >= 11 is 2.15. The van der Waals surface area contributed by atoms with Crippen molar-refractivity contribution in [2.24, 2.45) is 5.92 Å². The summed E-state index contributed by atoms with van der Waals surface area (Å²) in [5.41, 5.74) is 0.654. The summed E-state index contributed by atoms with van der Waals surface area (Å²) < 4.78 is 6.20. The van der Waals surface area contributed by atoms with Crippen molar-refractivity contribution in [2.75, 3.05) is 13.2 Å². The molecule has 1 aliphatic rings. The first-order valence-corrected chi connectivity index (χ1v) is 8.30. The Bertz CT molecular complexity index is 530. The van der Waals surface area contributed by atoms with Crippen LogP contribution in [-0.2, 0) is 9.53 Å². The number of halogens is 1. The van der Waals surface area contributed by atoms with E-state index in [4.69, 9.17) is 4.74 Å². The van der Waals surface area contributed by atoms with E-state index < -0.39 is 6.04 Å². The quantitative estimate of drug-likeness (QED) is 0.576. The molecule has 1 atom stereocenters. The van der Waals surface area contributed by atoms with Gasteiger partial charge in [-0.05, 0) is 53.5 Å². The minimum absolute atomic E-state index is 0.0796. The third kappa shape index (κ3) is 3.96. The van der Waals surface area contributed by atoms with Crippen molar-refractivity contribution < 1.29 is 14.3 Å². The Labute approximate surface area is 139 Å². The Balaban J connectivity index is 2.10. The molecule has 1 amide bonds. The minimum atomic E-state index is -0.438. The van der Waals surface area contributed by atoms with Crippen LogP contribution < -0.4 is 0 Å². The van der Waals surface area contributed by atoms with Crippen LogP contribution in [0.1, 0.15) is 37.0 Å². The first-order valence-electron chi connectivity index (χ1n) is 7.23. The molecule has 1 aromatic rings. The fourth-order valence-corrected chi connectivity index (χ4v) is 3.01. The van der Waals surface area contributed by atoms with Crippen molar-refractivity contribution in [2.45, 2.75) is 32.7 Å². The number of nitrogens with zero attached hydrogens (tertiary/aromatic N) is 1. The van der Waals surface area contributed by atoms with Crippen LogP contribution in [-0.4, -0.2) is 36.0 Å². The Morgan fingerprint density at radius 3 is 2.76 bits per heavy atom. The molecular weight excluding hydrogens is 381 g/mol. The summed E-state index contributed by atoms with van der Waals surface area (Å²) in [4.78, 5) is 26.4. The number of carbonyl (C=O) groups excluding carboxylic acids is 2. The summed E-state index contributed by atoms with van der Waals surface area (Å²) in [6.07, 6.45) is 1.53. The second-order valence-corrected chi connectivity index (χ2v) is 6.82. The van der Waals surface area contributed by atoms with Crippen LogP contribution in [0.5, 0.6) is 0 Å². The van der Waals surface area contributed by atoms with Gasteiger partial charge in [0.1, 0.15) is 6.04 Å². The predicted molar refractivity (Wildman–Crippen MR) is 89.0 cm³/mol. The molecule has 2 rings (SSSR count). The molecule has 0 radical (unpaired) electrons. The average molecular weight is 401 g/mol. The first kappa shape index (κ1) is 16.3. The number of esters is 1. The SMILES string of the molecule is CC(C)COC(=O)[C@@H]1CCCN1C(=O)c1ccccc1I. The van der Waals surface area contributed by atoms with E-state index in [1.807, 2.05) is 32.0 Å². The largest absolute Gasteiger partial charge is 0.464 e. The number of likely N-dealkylation sites (tertiary alicyclic amines) is 1. The van der Waals surface area contributed by atoms with E-state index >= 15 is 0 Å². The lowest BCUT2D eigenvalue weighted by atomic mass is 10.1. The Kier molecular flexibility index (Phi) is 5.61. The summed E-state index contributed by atoms with van der Waals surface area (Å²) in [6.45, 7) is 5.01. The van der Waals surface area contributed by atoms with Gasteiger partial charge in [-0.15, -0.1) is 0 Å². The summed E-state index contributed by atoms with van der Waals surface area (Å²) in [6, 6.07) is 7.01. The van der Waals surface area contributed by atoms with Gasteiger partial charge in [0.05, 0.1) is 12.2 Å². The molecule has 0 aliphatic carbocycles. The van der Waals surface area contributed by atoms with Crippen molar-refractivity contribution >= 4 is 34.5 Å². The standard InChI is InChI=1S/C16H20INO3/c1-11(2)10-21-16(20)14-8-5-9-18(14)15(19)12-6-3-4-7-13(12)17/h3-4,6-7,11,14H,5,8-10H2,1-2H3/t14-/m0/s1. The van der Waals surface area contributed by atoms with Crippen molar-refractivity contribution in [1.29, 1.82) is 0 Å². The first-order chi connectivity index (χ1) is 10.0. The van der Waals surface area contributed by atoms with E-state index in [9.17, 15) is 9.59 Å². The monoisotopic (exact) mass is 401 g/mol. The van der Waals surface area contributed by atoms with Crippen LogP contribution in [0, 0.1) is 9.49 Å². The Morgan fingerprint density at radius 1 is 1.38 bits per heavy atom. The number of hydrogen-bond donors (Lipinski definition) is 0. The normalized spacial score (nSPS) is 18.1. The molecule has 1 aliphatic heterocycles. The van der Waals surface area contributed by atoms with Crippen LogP contribution in [0.3, 0.4) is 0 Å². The average Bonchev–Trinajstić information content (AvgIpc) is 2.94. The van der Waals surface area contributed by atoms with Gasteiger partial charge in [0.2, 0.25) is 0 Å². The van der Waals surface area contributed by atoms with E-state index in [2.05, 4.69) is 22.6 Å². The minimum Gasteiger partial charge on any atom is -0.464 e. The fourth-order valence-electron chi connectivity index (χ4n) is 2.39. The van der Waals surface area contributed by atoms with Gasteiger partial charge in [-0.3, -0.25) is 4.79 Å². The van der Waals surface area contributed by atoms with E-state index in [1.165, 1.54) is 0 Å². The van der Waals surface area contributed by atoms with Gasteiger partial charge in [-0.25, -0.2) is 4.79 Å². The number of hydrogen-bond acceptors (Lipinski definition) is 3. The van der Waals surface area contributed by atoms with E-state index in [0.29, 0.717) is 31.1 Å². The van der Waals surface area contributed by atoms with Crippen molar-refractivity contribution in [3.8, 4) is 0 Å². The number of benzene rings is 1. The van der Waals surface area contributed by atoms with Gasteiger partial charge in [0.25, 0.3) is 5.91 Å². The molecule has 0 unspecified atom stereocenters. The third-order valence-electron chi connectivity index (χ3n) is 3.45. The van der Waals surface area contributed by atoms with Crippen LogP contribution in [0.15, 0.2) is 24.3 Å². The van der Waals surface area contributed by atoms with Gasteiger partial charge in [0.15, 0.2) is 0 Å². The van der Waals surface area contributed by atoms with E-state index in [-0.39, 0.29) is 11.9 Å². The molecule has 1 aromatic carbocycles. The molecule has 1 fully saturated rings. The van der Waals surface area contributed by atoms with Crippen molar-refractivity contribution in [1.82, 2.24) is 4.90 Å². The highest BCUT2D eigenvalue weighted by Gasteiger charge is 2.36. The Morgan fingerprint density at radius 2 is 2.10 bits per heavy atom. The highest BCUT2D eigenvalue weighted by molar-refractivity contribution is 14.1. The summed E-state index contributed by atoms with van der Waals surface area (Å²) in [5.74, 6) is -0.0564. The third-order valence-corrected chi connectivity index (χ3v) is 4.39. The van der Waals surface area contributed by atoms with Crippen LogP contribution in [0.25, 0.3) is 0 Å². The molecular formula is C16H20INO3. The molecule has 114 valence electrons. The molecule has 1 heterocycles. The maximum atomic E-state index is 12.6. The lowest BCUT2D eigenvalue weighted by Gasteiger charge is -2.24. The molecule has 0 N–H and O–H groups in total. The van der Waals surface area contributed by atoms with Gasteiger partial charge in [-0.1, -0.05) is 26.0 Å². The van der Waals surface area contributed by atoms with Gasteiger partial charge in [-0.2, -0.15) is 0 Å². The zero-order chi connectivity index (χ0) is 15.4. The topological polar surface area (TPSA) is 46.6 Å². The maximum absolute atomic E-state index is 12.6. The highest BCUT2D eigenvalue weighted by Crippen LogP contribution is 2.23. The predicted octanol–water partition coefficient (Wildman–Crippen LogP) is 3.10. The van der Waals surface area contributed by atoms with Crippen molar-refractivity contribution in [3.63, 3.8) is 0 Å². The molecule has 0 aromatic heterocycles. The number of carbonyl (C=O) groups is 2. The smallest absolute Gasteiger partial charge is 0.328 e. The fraction of sp³-hybridized carbons (Fsp3) is 0.500. The van der Waals surface area contributed by atoms with Crippen LogP contribution in [0.2, 0.25) is 0 Å². The second-order valence-electron chi connectivity index (χ2n) is 5.66. The number of rotatable bonds is 4. The number of amides is 1. The Hall–Kier alpha value is -1.11. The summed E-state index contributed by atoms with van der Waals surface area (Å²) in [5, 5.41) is 0. The zero-order valence-electron chi connectivity index (χ0n) is 12.3. The summed E-state index contributed by atoms with van der Waals surface area (Å²) in [7, 11) is 0. The van der Waals surface area contributed by atoms with Crippen molar-refractivity contribution in [3.05, 3.63) is 33.4 Å². The molecule has 0 spiro atoms. The molecule has 5 heteroatoms. The van der Waals surface area contributed by atoms with Gasteiger partial charge >= 0.3 is 5.97 Å². The number of ether oxygens (including phenoxy) is 1. The van der Waals surface area contributed by atoms with Gasteiger partial charge < -0.3 is 9.64 Å². The zero-order valence-corrected chi connectivity index (χ0v) is 14.5. The molecule has 1 saturated heterocycles. The van der Waals surface area contributed by atoms with Crippen LogP contribution >= 0.6 is 22.6 Å². The van der Waals surface area contributed by atoms with E-state index in [0.717, 1.165) is 9.99 Å². The molecule has 4 nitrogen and oxygen atoms in total. The highest BCUT2D eigenvalue weighted by atomic mass is 127. The maximum Gasteiger partial charge on any atom is 0.328 e. The molecule has 0 bridgehead atoms. The van der Waals surface area contributed by atoms with Gasteiger partial charge in [0, 0.05) is 10.1 Å².